The molecule has 0 atom stereocenters. The molecule has 3 heterocycles. The molecule has 3 aromatic heterocycles. The molecule has 0 bridgehead atoms. The van der Waals surface area contributed by atoms with Crippen LogP contribution in [0.15, 0.2) is 47.3 Å². The Morgan fingerprint density at radius 1 is 1.13 bits per heavy atom. The van der Waals surface area contributed by atoms with Crippen LogP contribution in [0.2, 0.25) is 0 Å². The Labute approximate surface area is 183 Å². The zero-order valence-electron chi connectivity index (χ0n) is 17.6. The van der Waals surface area contributed by atoms with Gasteiger partial charge < -0.3 is 9.30 Å². The van der Waals surface area contributed by atoms with Gasteiger partial charge in [0, 0.05) is 33.7 Å². The number of carbonyl (C=O) groups excluding carboxylic acids is 1. The van der Waals surface area contributed by atoms with E-state index in [4.69, 9.17) is 4.74 Å². The maximum atomic E-state index is 12.8. The quantitative estimate of drug-likeness (QED) is 0.448. The van der Waals surface area contributed by atoms with Gasteiger partial charge in [0.25, 0.3) is 5.56 Å². The second-order valence-corrected chi connectivity index (χ2v) is 8.98. The maximum Gasteiger partial charge on any atom is 0.340 e. The number of fused-ring (bicyclic) bond motifs is 3. The van der Waals surface area contributed by atoms with Crippen molar-refractivity contribution in [2.75, 3.05) is 0 Å². The third kappa shape index (κ3) is 3.49. The minimum atomic E-state index is -0.414. The Bertz CT molecular complexity index is 1350. The SMILES string of the molecule is Cc1cc(C(=O)OCc2cc(=O)n3c4c(sc3n2)CCCC4)c(C)n1-c1ccccc1. The van der Waals surface area contributed by atoms with E-state index >= 15 is 0 Å². The summed E-state index contributed by atoms with van der Waals surface area (Å²) in [6.07, 6.45) is 4.18. The summed E-state index contributed by atoms with van der Waals surface area (Å²) in [4.78, 5) is 32.0. The number of carbonyl (C=O) groups is 1. The van der Waals surface area contributed by atoms with Crippen molar-refractivity contribution in [2.24, 2.45) is 0 Å². The van der Waals surface area contributed by atoms with E-state index in [9.17, 15) is 9.59 Å². The van der Waals surface area contributed by atoms with Gasteiger partial charge in [-0.15, -0.1) is 11.3 Å². The molecule has 7 heteroatoms. The molecule has 158 valence electrons. The van der Waals surface area contributed by atoms with Crippen LogP contribution in [0.1, 0.15) is 50.9 Å². The number of aromatic nitrogens is 3. The van der Waals surface area contributed by atoms with Crippen molar-refractivity contribution in [1.29, 1.82) is 0 Å². The first kappa shape index (κ1) is 19.8. The summed E-state index contributed by atoms with van der Waals surface area (Å²) in [5.74, 6) is -0.414. The van der Waals surface area contributed by atoms with Crippen LogP contribution in [-0.4, -0.2) is 19.9 Å². The molecule has 0 radical (unpaired) electrons. The Morgan fingerprint density at radius 2 is 1.90 bits per heavy atom. The van der Waals surface area contributed by atoms with Crippen molar-refractivity contribution in [2.45, 2.75) is 46.1 Å². The average Bonchev–Trinajstić information content (AvgIpc) is 3.29. The summed E-state index contributed by atoms with van der Waals surface area (Å²) in [5.41, 5.74) is 4.77. The molecule has 0 saturated carbocycles. The number of ether oxygens (including phenoxy) is 1. The molecular formula is C24H23N3O3S. The highest BCUT2D eigenvalue weighted by Crippen LogP contribution is 2.28. The number of hydrogen-bond donors (Lipinski definition) is 0. The third-order valence-corrected chi connectivity index (χ3v) is 6.97. The van der Waals surface area contributed by atoms with E-state index < -0.39 is 5.97 Å². The van der Waals surface area contributed by atoms with Gasteiger partial charge in [-0.2, -0.15) is 0 Å². The van der Waals surface area contributed by atoms with Crippen LogP contribution >= 0.6 is 11.3 Å². The lowest BCUT2D eigenvalue weighted by molar-refractivity contribution is 0.0467. The first-order chi connectivity index (χ1) is 15.0. The normalized spacial score (nSPS) is 13.4. The van der Waals surface area contributed by atoms with E-state index in [1.165, 1.54) is 10.9 Å². The molecule has 0 fully saturated rings. The smallest absolute Gasteiger partial charge is 0.340 e. The van der Waals surface area contributed by atoms with Gasteiger partial charge in [-0.1, -0.05) is 18.2 Å². The lowest BCUT2D eigenvalue weighted by Crippen LogP contribution is -2.18. The number of esters is 1. The van der Waals surface area contributed by atoms with Crippen molar-refractivity contribution >= 4 is 22.3 Å². The van der Waals surface area contributed by atoms with Gasteiger partial charge in [-0.3, -0.25) is 9.20 Å². The van der Waals surface area contributed by atoms with Crippen LogP contribution in [0.3, 0.4) is 0 Å². The molecule has 4 aromatic rings. The Hall–Kier alpha value is -3.19. The van der Waals surface area contributed by atoms with Crippen molar-refractivity contribution in [1.82, 2.24) is 14.0 Å². The fourth-order valence-electron chi connectivity index (χ4n) is 4.38. The number of aryl methyl sites for hydroxylation is 3. The summed E-state index contributed by atoms with van der Waals surface area (Å²) in [6.45, 7) is 3.84. The molecule has 5 rings (SSSR count). The van der Waals surface area contributed by atoms with Crippen molar-refractivity contribution in [3.05, 3.63) is 86.0 Å². The summed E-state index contributed by atoms with van der Waals surface area (Å²) >= 11 is 1.57. The molecule has 0 aliphatic heterocycles. The molecular weight excluding hydrogens is 410 g/mol. The monoisotopic (exact) mass is 433 g/mol. The van der Waals surface area contributed by atoms with E-state index in [-0.39, 0.29) is 12.2 Å². The zero-order chi connectivity index (χ0) is 21.5. The lowest BCUT2D eigenvalue weighted by atomic mass is 10.0. The average molecular weight is 434 g/mol. The topological polar surface area (TPSA) is 65.6 Å². The zero-order valence-corrected chi connectivity index (χ0v) is 18.4. The molecule has 1 aromatic carbocycles. The van der Waals surface area contributed by atoms with Crippen LogP contribution in [0.25, 0.3) is 10.6 Å². The largest absolute Gasteiger partial charge is 0.456 e. The predicted octanol–water partition coefficient (Wildman–Crippen LogP) is 4.40. The highest BCUT2D eigenvalue weighted by molar-refractivity contribution is 7.17. The first-order valence-corrected chi connectivity index (χ1v) is 11.3. The number of rotatable bonds is 4. The first-order valence-electron chi connectivity index (χ1n) is 10.5. The number of nitrogens with zero attached hydrogens (tertiary/aromatic N) is 3. The van der Waals surface area contributed by atoms with Crippen LogP contribution < -0.4 is 5.56 Å². The van der Waals surface area contributed by atoms with Gasteiger partial charge in [0.2, 0.25) is 0 Å². The van der Waals surface area contributed by atoms with Crippen LogP contribution in [-0.2, 0) is 24.2 Å². The van der Waals surface area contributed by atoms with E-state index in [0.717, 1.165) is 48.5 Å². The minimum Gasteiger partial charge on any atom is -0.456 e. The minimum absolute atomic E-state index is 0.0257. The molecule has 1 aliphatic rings. The fraction of sp³-hybridized carbons (Fsp3) is 0.292. The summed E-state index contributed by atoms with van der Waals surface area (Å²) in [7, 11) is 0. The van der Waals surface area contributed by atoms with Gasteiger partial charge in [0.05, 0.1) is 11.3 Å². The third-order valence-electron chi connectivity index (χ3n) is 5.83. The fourth-order valence-corrected chi connectivity index (χ4v) is 5.61. The number of hydrogen-bond acceptors (Lipinski definition) is 5. The van der Waals surface area contributed by atoms with E-state index in [1.54, 1.807) is 15.7 Å². The van der Waals surface area contributed by atoms with Gasteiger partial charge >= 0.3 is 5.97 Å². The van der Waals surface area contributed by atoms with Crippen LogP contribution in [0.4, 0.5) is 0 Å². The van der Waals surface area contributed by atoms with Crippen LogP contribution in [0.5, 0.6) is 0 Å². The Kier molecular flexibility index (Phi) is 4.98. The predicted molar refractivity (Wildman–Crippen MR) is 120 cm³/mol. The summed E-state index contributed by atoms with van der Waals surface area (Å²) < 4.78 is 9.30. The van der Waals surface area contributed by atoms with Gasteiger partial charge in [-0.05, 0) is 57.7 Å². The van der Waals surface area contributed by atoms with Crippen LogP contribution in [0, 0.1) is 13.8 Å². The maximum absolute atomic E-state index is 12.8. The summed E-state index contributed by atoms with van der Waals surface area (Å²) in [6, 6.07) is 13.2. The van der Waals surface area contributed by atoms with Gasteiger partial charge in [0.15, 0.2) is 4.96 Å². The van der Waals surface area contributed by atoms with Gasteiger partial charge in [-0.25, -0.2) is 9.78 Å². The van der Waals surface area contributed by atoms with E-state index in [2.05, 4.69) is 4.98 Å². The standard InChI is InChI=1S/C24H23N3O3S/c1-15-12-19(16(2)26(15)18-8-4-3-5-9-18)23(29)30-14-17-13-22(28)27-20-10-6-7-11-21(20)31-24(27)25-17/h3-5,8-9,12-13H,6-7,10-11,14H2,1-2H3. The van der Waals surface area contributed by atoms with E-state index in [1.807, 2.05) is 54.8 Å². The molecule has 31 heavy (non-hydrogen) atoms. The molecule has 1 aliphatic carbocycles. The number of thiazole rings is 1. The second kappa shape index (κ2) is 7.81. The van der Waals surface area contributed by atoms with Gasteiger partial charge in [0.1, 0.15) is 6.61 Å². The Morgan fingerprint density at radius 3 is 2.71 bits per heavy atom. The number of para-hydroxylation sites is 1. The summed E-state index contributed by atoms with van der Waals surface area (Å²) in [5, 5.41) is 0. The van der Waals surface area contributed by atoms with Crippen molar-refractivity contribution in [3.8, 4) is 5.69 Å². The highest BCUT2D eigenvalue weighted by atomic mass is 32.1. The van der Waals surface area contributed by atoms with Crippen molar-refractivity contribution < 1.29 is 9.53 Å². The number of benzene rings is 1. The van der Waals surface area contributed by atoms with E-state index in [0.29, 0.717) is 16.2 Å². The molecule has 0 spiro atoms. The second-order valence-electron chi connectivity index (χ2n) is 7.91. The molecule has 0 N–H and O–H groups in total. The highest BCUT2D eigenvalue weighted by Gasteiger charge is 2.20. The lowest BCUT2D eigenvalue weighted by Gasteiger charge is -2.10. The van der Waals surface area contributed by atoms with Crippen molar-refractivity contribution in [3.63, 3.8) is 0 Å². The Balaban J connectivity index is 1.39. The molecule has 6 nitrogen and oxygen atoms in total. The molecule has 0 unspecified atom stereocenters. The molecule has 0 amide bonds. The molecule has 0 saturated heterocycles.